The number of nitrogens with one attached hydrogen (secondary N) is 1. The smallest absolute Gasteiger partial charge is 0.275 e. The molecular weight excluding hydrogens is 443 g/mol. The van der Waals surface area contributed by atoms with Crippen molar-refractivity contribution in [3.63, 3.8) is 0 Å². The minimum absolute atomic E-state index is 0.0994. The minimum Gasteiger partial charge on any atom is -0.507 e. The molecule has 0 saturated heterocycles. The number of carbonyl (C=O) groups is 1. The van der Waals surface area contributed by atoms with Gasteiger partial charge in [-0.05, 0) is 48.5 Å². The van der Waals surface area contributed by atoms with Gasteiger partial charge in [0.25, 0.3) is 5.91 Å². The van der Waals surface area contributed by atoms with Crippen molar-refractivity contribution in [2.75, 3.05) is 0 Å². The highest BCUT2D eigenvalue weighted by atomic mass is 79.9. The molecule has 0 spiro atoms. The summed E-state index contributed by atoms with van der Waals surface area (Å²) in [7, 11) is 0. The molecule has 3 rings (SSSR count). The topological polar surface area (TPSA) is 74.8 Å². The highest BCUT2D eigenvalue weighted by Gasteiger charge is 2.11. The van der Waals surface area contributed by atoms with Gasteiger partial charge in [-0.1, -0.05) is 39.1 Å². The standard InChI is InChI=1S/C18H11BrCl2N2O3/c19-10-1-5-16(24)14(7-10)18(25)23-22-9-12-3-6-17(26-12)13-8-11(20)2-4-15(13)21/h1-9,24H,(H,23,25)/b22-9+. The summed E-state index contributed by atoms with van der Waals surface area (Å²) in [6.07, 6.45) is 1.34. The summed E-state index contributed by atoms with van der Waals surface area (Å²) in [5, 5.41) is 14.6. The van der Waals surface area contributed by atoms with Crippen molar-refractivity contribution in [2.24, 2.45) is 5.10 Å². The van der Waals surface area contributed by atoms with E-state index in [0.717, 1.165) is 0 Å². The fourth-order valence-electron chi connectivity index (χ4n) is 2.16. The number of phenols is 1. The maximum Gasteiger partial charge on any atom is 0.275 e. The SMILES string of the molecule is O=C(N/N=C/c1ccc(-c2cc(Cl)ccc2Cl)o1)c1cc(Br)ccc1O. The zero-order valence-corrected chi connectivity index (χ0v) is 16.1. The number of carbonyl (C=O) groups excluding carboxylic acids is 1. The zero-order chi connectivity index (χ0) is 18.7. The van der Waals surface area contributed by atoms with Gasteiger partial charge in [0, 0.05) is 15.1 Å². The summed E-state index contributed by atoms with van der Waals surface area (Å²) in [5.74, 6) is 0.242. The molecule has 8 heteroatoms. The monoisotopic (exact) mass is 452 g/mol. The van der Waals surface area contributed by atoms with E-state index >= 15 is 0 Å². The molecule has 2 N–H and O–H groups in total. The first-order valence-corrected chi connectivity index (χ1v) is 8.86. The summed E-state index contributed by atoms with van der Waals surface area (Å²) < 4.78 is 6.30. The third-order valence-corrected chi connectivity index (χ3v) is 4.44. The Balaban J connectivity index is 1.72. The number of rotatable bonds is 4. The molecule has 0 aliphatic heterocycles. The van der Waals surface area contributed by atoms with Crippen molar-refractivity contribution in [3.8, 4) is 17.1 Å². The Labute approximate surface area is 167 Å². The normalized spacial score (nSPS) is 11.0. The van der Waals surface area contributed by atoms with Crippen LogP contribution in [0, 0.1) is 0 Å². The molecule has 0 bridgehead atoms. The molecule has 132 valence electrons. The Hall–Kier alpha value is -2.28. The van der Waals surface area contributed by atoms with Gasteiger partial charge in [-0.3, -0.25) is 4.79 Å². The van der Waals surface area contributed by atoms with E-state index in [2.05, 4.69) is 26.5 Å². The Morgan fingerprint density at radius 1 is 1.15 bits per heavy atom. The molecule has 5 nitrogen and oxygen atoms in total. The molecule has 0 aliphatic carbocycles. The molecule has 0 atom stereocenters. The third-order valence-electron chi connectivity index (χ3n) is 3.38. The molecule has 1 aromatic heterocycles. The number of nitrogens with zero attached hydrogens (tertiary/aromatic N) is 1. The van der Waals surface area contributed by atoms with Crippen molar-refractivity contribution in [1.82, 2.24) is 5.43 Å². The van der Waals surface area contributed by atoms with E-state index in [-0.39, 0.29) is 11.3 Å². The van der Waals surface area contributed by atoms with Crippen LogP contribution in [0.3, 0.4) is 0 Å². The van der Waals surface area contributed by atoms with Gasteiger partial charge in [-0.25, -0.2) is 5.43 Å². The average Bonchev–Trinajstić information content (AvgIpc) is 3.07. The summed E-state index contributed by atoms with van der Waals surface area (Å²) in [6, 6.07) is 13.0. The van der Waals surface area contributed by atoms with Crippen LogP contribution in [0.2, 0.25) is 10.0 Å². The van der Waals surface area contributed by atoms with Crippen LogP contribution in [0.1, 0.15) is 16.1 Å². The van der Waals surface area contributed by atoms with Crippen LogP contribution in [0.25, 0.3) is 11.3 Å². The average molecular weight is 454 g/mol. The van der Waals surface area contributed by atoms with Crippen molar-refractivity contribution < 1.29 is 14.3 Å². The molecule has 26 heavy (non-hydrogen) atoms. The van der Waals surface area contributed by atoms with Gasteiger partial charge in [0.2, 0.25) is 0 Å². The van der Waals surface area contributed by atoms with Crippen molar-refractivity contribution in [3.05, 3.63) is 74.4 Å². The zero-order valence-electron chi connectivity index (χ0n) is 13.0. The molecule has 0 saturated carbocycles. The lowest BCUT2D eigenvalue weighted by Crippen LogP contribution is -2.17. The first-order valence-electron chi connectivity index (χ1n) is 7.31. The number of phenolic OH excluding ortho intramolecular Hbond substituents is 1. The summed E-state index contributed by atoms with van der Waals surface area (Å²) >= 11 is 15.4. The van der Waals surface area contributed by atoms with Gasteiger partial charge in [-0.2, -0.15) is 5.10 Å². The van der Waals surface area contributed by atoms with E-state index in [4.69, 9.17) is 27.6 Å². The van der Waals surface area contributed by atoms with E-state index < -0.39 is 5.91 Å². The van der Waals surface area contributed by atoms with Crippen LogP contribution in [0.5, 0.6) is 5.75 Å². The van der Waals surface area contributed by atoms with Gasteiger partial charge in [0.05, 0.1) is 16.8 Å². The Morgan fingerprint density at radius 3 is 2.77 bits per heavy atom. The van der Waals surface area contributed by atoms with Crippen LogP contribution in [-0.2, 0) is 0 Å². The van der Waals surface area contributed by atoms with Crippen LogP contribution in [0.15, 0.2) is 62.5 Å². The second kappa shape index (κ2) is 7.95. The third kappa shape index (κ3) is 4.27. The number of hydrogen-bond acceptors (Lipinski definition) is 4. The van der Waals surface area contributed by atoms with E-state index in [0.29, 0.717) is 31.6 Å². The van der Waals surface area contributed by atoms with Gasteiger partial charge in [0.15, 0.2) is 0 Å². The highest BCUT2D eigenvalue weighted by Crippen LogP contribution is 2.31. The fourth-order valence-corrected chi connectivity index (χ4v) is 2.90. The van der Waals surface area contributed by atoms with Crippen LogP contribution in [-0.4, -0.2) is 17.2 Å². The summed E-state index contributed by atoms with van der Waals surface area (Å²) in [6.45, 7) is 0. The van der Waals surface area contributed by atoms with Crippen molar-refractivity contribution in [1.29, 1.82) is 0 Å². The lowest BCUT2D eigenvalue weighted by molar-refractivity contribution is 0.0952. The Bertz CT molecular complexity index is 1000. The number of aromatic hydroxyl groups is 1. The van der Waals surface area contributed by atoms with Crippen molar-refractivity contribution in [2.45, 2.75) is 0 Å². The first-order chi connectivity index (χ1) is 12.4. The first kappa shape index (κ1) is 18.5. The van der Waals surface area contributed by atoms with Crippen LogP contribution < -0.4 is 5.43 Å². The molecular formula is C18H11BrCl2N2O3. The predicted octanol–water partition coefficient (Wildman–Crippen LogP) is 5.49. The van der Waals surface area contributed by atoms with E-state index in [1.165, 1.54) is 18.3 Å². The molecule has 0 unspecified atom stereocenters. The number of amides is 1. The maximum atomic E-state index is 12.0. The van der Waals surface area contributed by atoms with Crippen LogP contribution >= 0.6 is 39.1 Å². The lowest BCUT2D eigenvalue weighted by Gasteiger charge is -2.03. The Morgan fingerprint density at radius 2 is 1.96 bits per heavy atom. The quantitative estimate of drug-likeness (QED) is 0.405. The number of hydrogen-bond donors (Lipinski definition) is 2. The minimum atomic E-state index is -0.551. The molecule has 0 fully saturated rings. The largest absolute Gasteiger partial charge is 0.507 e. The molecule has 1 heterocycles. The van der Waals surface area contributed by atoms with Gasteiger partial charge in [0.1, 0.15) is 17.3 Å². The molecule has 2 aromatic carbocycles. The van der Waals surface area contributed by atoms with E-state index in [1.807, 2.05) is 0 Å². The Kier molecular flexibility index (Phi) is 5.66. The van der Waals surface area contributed by atoms with Crippen LogP contribution in [0.4, 0.5) is 0 Å². The maximum absolute atomic E-state index is 12.0. The molecule has 0 aliphatic rings. The molecule has 3 aromatic rings. The predicted molar refractivity (Wildman–Crippen MR) is 105 cm³/mol. The number of hydrazone groups is 1. The number of benzene rings is 2. The second-order valence-corrected chi connectivity index (χ2v) is 6.95. The number of furan rings is 1. The summed E-state index contributed by atoms with van der Waals surface area (Å²) in [4.78, 5) is 12.0. The second-order valence-electron chi connectivity index (χ2n) is 5.19. The van der Waals surface area contributed by atoms with Gasteiger partial charge >= 0.3 is 0 Å². The molecule has 1 amide bonds. The fraction of sp³-hybridized carbons (Fsp3) is 0. The van der Waals surface area contributed by atoms with Gasteiger partial charge < -0.3 is 9.52 Å². The summed E-state index contributed by atoms with van der Waals surface area (Å²) in [5.41, 5.74) is 3.08. The van der Waals surface area contributed by atoms with Crippen molar-refractivity contribution >= 4 is 51.3 Å². The molecule has 0 radical (unpaired) electrons. The highest BCUT2D eigenvalue weighted by molar-refractivity contribution is 9.10. The van der Waals surface area contributed by atoms with E-state index in [1.54, 1.807) is 36.4 Å². The number of halogens is 3. The van der Waals surface area contributed by atoms with E-state index in [9.17, 15) is 9.90 Å². The lowest BCUT2D eigenvalue weighted by atomic mass is 10.2. The van der Waals surface area contributed by atoms with Gasteiger partial charge in [-0.15, -0.1) is 0 Å².